The Hall–Kier alpha value is -2.31. The van der Waals surface area contributed by atoms with Crippen LogP contribution in [-0.2, 0) is 9.59 Å². The molecule has 3 amide bonds. The van der Waals surface area contributed by atoms with Crippen LogP contribution in [-0.4, -0.2) is 48.3 Å². The maximum atomic E-state index is 12.3. The molecule has 7 nitrogen and oxygen atoms in total. The van der Waals surface area contributed by atoms with Gasteiger partial charge < -0.3 is 20.0 Å². The summed E-state index contributed by atoms with van der Waals surface area (Å²) in [5.74, 6) is -0.578. The van der Waals surface area contributed by atoms with E-state index in [0.717, 1.165) is 25.9 Å². The second-order valence-corrected chi connectivity index (χ2v) is 6.30. The Balaban J connectivity index is 1.80. The second kappa shape index (κ2) is 8.52. The fourth-order valence-corrected chi connectivity index (χ4v) is 2.68. The molecule has 7 heteroatoms. The van der Waals surface area contributed by atoms with Gasteiger partial charge in [-0.15, -0.1) is 0 Å². The van der Waals surface area contributed by atoms with Crippen LogP contribution in [0, 0.1) is 5.92 Å². The summed E-state index contributed by atoms with van der Waals surface area (Å²) in [6.07, 6.45) is 3.78. The summed E-state index contributed by atoms with van der Waals surface area (Å²) in [5, 5.41) is 5.41. The van der Waals surface area contributed by atoms with Crippen molar-refractivity contribution in [1.29, 1.82) is 0 Å². The Bertz CT molecular complexity index is 562. The van der Waals surface area contributed by atoms with E-state index >= 15 is 0 Å². The predicted octanol–water partition coefficient (Wildman–Crippen LogP) is 1.16. The lowest BCUT2D eigenvalue weighted by Crippen LogP contribution is -2.50. The molecule has 1 aromatic rings. The van der Waals surface area contributed by atoms with Gasteiger partial charge >= 0.3 is 0 Å². The fourth-order valence-electron chi connectivity index (χ4n) is 2.68. The Kier molecular flexibility index (Phi) is 6.40. The molecular weight excluding hydrogens is 310 g/mol. The molecule has 2 N–H and O–H groups in total. The molecule has 1 aromatic heterocycles. The van der Waals surface area contributed by atoms with Crippen LogP contribution >= 0.6 is 0 Å². The first-order chi connectivity index (χ1) is 11.5. The maximum absolute atomic E-state index is 12.3. The van der Waals surface area contributed by atoms with Gasteiger partial charge in [0, 0.05) is 26.1 Å². The summed E-state index contributed by atoms with van der Waals surface area (Å²) in [6.45, 7) is 5.58. The molecule has 24 heavy (non-hydrogen) atoms. The molecule has 132 valence electrons. The maximum Gasteiger partial charge on any atom is 0.287 e. The van der Waals surface area contributed by atoms with E-state index in [-0.39, 0.29) is 36.5 Å². The number of hydrogen-bond acceptors (Lipinski definition) is 4. The SMILES string of the molecule is CC(C)C(NC(=O)c1ccco1)C(=O)NCCC(=O)N1CCCC1. The van der Waals surface area contributed by atoms with Crippen LogP contribution in [0.4, 0.5) is 0 Å². The minimum absolute atomic E-state index is 0.0634. The molecule has 0 aliphatic carbocycles. The van der Waals surface area contributed by atoms with Crippen LogP contribution in [0.5, 0.6) is 0 Å². The van der Waals surface area contributed by atoms with Crippen LogP contribution < -0.4 is 10.6 Å². The van der Waals surface area contributed by atoms with Gasteiger partial charge in [0.15, 0.2) is 5.76 Å². The second-order valence-electron chi connectivity index (χ2n) is 6.30. The molecule has 0 radical (unpaired) electrons. The van der Waals surface area contributed by atoms with Crippen molar-refractivity contribution in [2.75, 3.05) is 19.6 Å². The highest BCUT2D eigenvalue weighted by Gasteiger charge is 2.25. The third-order valence-corrected chi connectivity index (χ3v) is 4.08. The minimum atomic E-state index is -0.676. The summed E-state index contributed by atoms with van der Waals surface area (Å²) in [7, 11) is 0. The highest BCUT2D eigenvalue weighted by Crippen LogP contribution is 2.09. The summed E-state index contributed by atoms with van der Waals surface area (Å²) < 4.78 is 5.03. The van der Waals surface area contributed by atoms with Crippen molar-refractivity contribution in [1.82, 2.24) is 15.5 Å². The van der Waals surface area contributed by atoms with Crippen molar-refractivity contribution in [2.45, 2.75) is 39.2 Å². The number of furan rings is 1. The lowest BCUT2D eigenvalue weighted by molar-refractivity contribution is -0.130. The van der Waals surface area contributed by atoms with E-state index in [1.165, 1.54) is 6.26 Å². The largest absolute Gasteiger partial charge is 0.459 e. The Morgan fingerprint density at radius 3 is 2.54 bits per heavy atom. The van der Waals surface area contributed by atoms with E-state index in [9.17, 15) is 14.4 Å². The number of nitrogens with zero attached hydrogens (tertiary/aromatic N) is 1. The van der Waals surface area contributed by atoms with Crippen molar-refractivity contribution in [3.8, 4) is 0 Å². The molecular formula is C17H25N3O4. The quantitative estimate of drug-likeness (QED) is 0.782. The standard InChI is InChI=1S/C17H25N3O4/c1-12(2)15(19-16(22)13-6-5-11-24-13)17(23)18-8-7-14(21)20-9-3-4-10-20/h5-6,11-12,15H,3-4,7-10H2,1-2H3,(H,18,23)(H,19,22). The highest BCUT2D eigenvalue weighted by atomic mass is 16.3. The smallest absolute Gasteiger partial charge is 0.287 e. The Labute approximate surface area is 141 Å². The van der Waals surface area contributed by atoms with Crippen molar-refractivity contribution < 1.29 is 18.8 Å². The molecule has 0 bridgehead atoms. The summed E-state index contributed by atoms with van der Waals surface area (Å²) >= 11 is 0. The third kappa shape index (κ3) is 4.84. The van der Waals surface area contributed by atoms with Crippen molar-refractivity contribution >= 4 is 17.7 Å². The van der Waals surface area contributed by atoms with Gasteiger partial charge in [-0.1, -0.05) is 13.8 Å². The number of amides is 3. The van der Waals surface area contributed by atoms with Crippen LogP contribution in [0.3, 0.4) is 0 Å². The molecule has 1 unspecified atom stereocenters. The zero-order valence-corrected chi connectivity index (χ0v) is 14.2. The van der Waals surface area contributed by atoms with Crippen molar-refractivity contribution in [3.05, 3.63) is 24.2 Å². The molecule has 0 aromatic carbocycles. The van der Waals surface area contributed by atoms with Gasteiger partial charge in [0.2, 0.25) is 11.8 Å². The monoisotopic (exact) mass is 335 g/mol. The van der Waals surface area contributed by atoms with Crippen molar-refractivity contribution in [2.24, 2.45) is 5.92 Å². The lowest BCUT2D eigenvalue weighted by Gasteiger charge is -2.21. The van der Waals surface area contributed by atoms with Gasteiger partial charge in [-0.05, 0) is 30.9 Å². The molecule has 2 heterocycles. The number of likely N-dealkylation sites (tertiary alicyclic amines) is 1. The number of hydrogen-bond donors (Lipinski definition) is 2. The number of carbonyl (C=O) groups excluding carboxylic acids is 3. The first kappa shape index (κ1) is 18.0. The predicted molar refractivity (Wildman–Crippen MR) is 88.2 cm³/mol. The van der Waals surface area contributed by atoms with Crippen molar-refractivity contribution in [3.63, 3.8) is 0 Å². The summed E-state index contributed by atoms with van der Waals surface area (Å²) in [5.41, 5.74) is 0. The minimum Gasteiger partial charge on any atom is -0.459 e. The first-order valence-electron chi connectivity index (χ1n) is 8.39. The zero-order valence-electron chi connectivity index (χ0n) is 14.2. The Morgan fingerprint density at radius 1 is 1.25 bits per heavy atom. The average Bonchev–Trinajstić information content (AvgIpc) is 3.24. The molecule has 2 rings (SSSR count). The molecule has 1 saturated heterocycles. The normalized spacial score (nSPS) is 15.4. The molecule has 1 fully saturated rings. The van der Waals surface area contributed by atoms with Crippen LogP contribution in [0.15, 0.2) is 22.8 Å². The van der Waals surface area contributed by atoms with E-state index in [4.69, 9.17) is 4.42 Å². The van der Waals surface area contributed by atoms with Gasteiger partial charge in [-0.25, -0.2) is 0 Å². The molecule has 1 atom stereocenters. The van der Waals surface area contributed by atoms with Gasteiger partial charge in [0.25, 0.3) is 5.91 Å². The lowest BCUT2D eigenvalue weighted by atomic mass is 10.0. The Morgan fingerprint density at radius 2 is 1.96 bits per heavy atom. The summed E-state index contributed by atoms with van der Waals surface area (Å²) in [6, 6.07) is 2.48. The fraction of sp³-hybridized carbons (Fsp3) is 0.588. The molecule has 0 saturated carbocycles. The third-order valence-electron chi connectivity index (χ3n) is 4.08. The first-order valence-corrected chi connectivity index (χ1v) is 8.39. The van der Waals surface area contributed by atoms with E-state index in [1.54, 1.807) is 12.1 Å². The highest BCUT2D eigenvalue weighted by molar-refractivity contribution is 5.95. The number of nitrogens with one attached hydrogen (secondary N) is 2. The van der Waals surface area contributed by atoms with Crippen LogP contribution in [0.2, 0.25) is 0 Å². The number of rotatable bonds is 7. The zero-order chi connectivity index (χ0) is 17.5. The molecule has 0 spiro atoms. The van der Waals surface area contributed by atoms with E-state index < -0.39 is 11.9 Å². The molecule has 1 aliphatic rings. The number of carbonyl (C=O) groups is 3. The molecule has 1 aliphatic heterocycles. The van der Waals surface area contributed by atoms with Gasteiger partial charge in [-0.3, -0.25) is 14.4 Å². The topological polar surface area (TPSA) is 91.6 Å². The van der Waals surface area contributed by atoms with Crippen LogP contribution in [0.25, 0.3) is 0 Å². The average molecular weight is 335 g/mol. The van der Waals surface area contributed by atoms with Gasteiger partial charge in [0.1, 0.15) is 6.04 Å². The summed E-state index contributed by atoms with van der Waals surface area (Å²) in [4.78, 5) is 38.1. The van der Waals surface area contributed by atoms with E-state index in [0.29, 0.717) is 0 Å². The van der Waals surface area contributed by atoms with E-state index in [2.05, 4.69) is 10.6 Å². The van der Waals surface area contributed by atoms with Gasteiger partial charge in [-0.2, -0.15) is 0 Å². The van der Waals surface area contributed by atoms with Crippen LogP contribution in [0.1, 0.15) is 43.7 Å². The van der Waals surface area contributed by atoms with E-state index in [1.807, 2.05) is 18.7 Å². The van der Waals surface area contributed by atoms with Gasteiger partial charge in [0.05, 0.1) is 6.26 Å².